The van der Waals surface area contributed by atoms with E-state index in [1.807, 2.05) is 31.2 Å². The summed E-state index contributed by atoms with van der Waals surface area (Å²) in [5.41, 5.74) is 3.74. The fourth-order valence-electron chi connectivity index (χ4n) is 4.40. The Hall–Kier alpha value is -5.06. The topological polar surface area (TPSA) is 101 Å². The van der Waals surface area contributed by atoms with Gasteiger partial charge >= 0.3 is 6.18 Å². The maximum atomic E-state index is 13.6. The van der Waals surface area contributed by atoms with Crippen molar-refractivity contribution in [2.75, 3.05) is 5.32 Å². The van der Waals surface area contributed by atoms with Gasteiger partial charge in [-0.05, 0) is 60.0 Å². The van der Waals surface area contributed by atoms with Crippen LogP contribution in [0.4, 0.5) is 18.9 Å². The number of carbonyl (C=O) groups is 1. The average Bonchev–Trinajstić information content (AvgIpc) is 3.57. The van der Waals surface area contributed by atoms with E-state index in [4.69, 9.17) is 0 Å². The Morgan fingerprint density at radius 3 is 2.63 bits per heavy atom. The number of aromatic amines is 1. The van der Waals surface area contributed by atoms with Gasteiger partial charge in [0.15, 0.2) is 0 Å². The molecule has 6 aromatic rings. The number of amides is 1. The molecule has 11 heteroatoms. The van der Waals surface area contributed by atoms with Gasteiger partial charge in [-0.1, -0.05) is 18.2 Å². The first kappa shape index (κ1) is 23.3. The Morgan fingerprint density at radius 2 is 1.84 bits per heavy atom. The summed E-state index contributed by atoms with van der Waals surface area (Å²) in [4.78, 5) is 28.5. The number of hydrogen-bond donors (Lipinski definition) is 2. The van der Waals surface area contributed by atoms with Gasteiger partial charge in [-0.2, -0.15) is 18.3 Å². The molecule has 0 aliphatic heterocycles. The SMILES string of the molecule is Cc1ccc(NC(=O)c2cc(-n3cncn3)cc(C(F)(F)F)c2)cc1-c1ccc2c(c1)[nH]c1ncncc12. The van der Waals surface area contributed by atoms with Crippen molar-refractivity contribution in [3.8, 4) is 16.8 Å². The van der Waals surface area contributed by atoms with E-state index in [1.165, 1.54) is 29.7 Å². The molecule has 0 unspecified atom stereocenters. The molecular weight excluding hydrogens is 495 g/mol. The van der Waals surface area contributed by atoms with Crippen LogP contribution in [-0.4, -0.2) is 35.6 Å². The third kappa shape index (κ3) is 4.23. The molecule has 3 aromatic carbocycles. The highest BCUT2D eigenvalue weighted by atomic mass is 19.4. The van der Waals surface area contributed by atoms with Crippen molar-refractivity contribution in [3.63, 3.8) is 0 Å². The monoisotopic (exact) mass is 513 g/mol. The lowest BCUT2D eigenvalue weighted by Crippen LogP contribution is -2.15. The first-order valence-electron chi connectivity index (χ1n) is 11.5. The van der Waals surface area contributed by atoms with Crippen LogP contribution in [0.3, 0.4) is 0 Å². The van der Waals surface area contributed by atoms with E-state index in [-0.39, 0.29) is 11.3 Å². The van der Waals surface area contributed by atoms with Crippen LogP contribution in [0.25, 0.3) is 38.8 Å². The second-order valence-corrected chi connectivity index (χ2v) is 8.76. The number of fused-ring (bicyclic) bond motifs is 3. The van der Waals surface area contributed by atoms with Crippen molar-refractivity contribution in [1.82, 2.24) is 29.7 Å². The number of aryl methyl sites for hydroxylation is 1. The Balaban J connectivity index is 1.34. The Labute approximate surface area is 213 Å². The van der Waals surface area contributed by atoms with Gasteiger partial charge < -0.3 is 10.3 Å². The minimum Gasteiger partial charge on any atom is -0.339 e. The molecule has 188 valence electrons. The minimum atomic E-state index is -4.64. The molecule has 0 bridgehead atoms. The third-order valence-corrected chi connectivity index (χ3v) is 6.27. The molecule has 0 fully saturated rings. The second-order valence-electron chi connectivity index (χ2n) is 8.76. The van der Waals surface area contributed by atoms with Crippen molar-refractivity contribution >= 4 is 33.5 Å². The van der Waals surface area contributed by atoms with E-state index in [1.54, 1.807) is 18.3 Å². The van der Waals surface area contributed by atoms with Crippen LogP contribution < -0.4 is 5.32 Å². The van der Waals surface area contributed by atoms with Gasteiger partial charge in [-0.25, -0.2) is 19.6 Å². The van der Waals surface area contributed by atoms with Crippen LogP contribution in [0.2, 0.25) is 0 Å². The van der Waals surface area contributed by atoms with Crippen LogP contribution >= 0.6 is 0 Å². The Morgan fingerprint density at radius 1 is 0.974 bits per heavy atom. The summed E-state index contributed by atoms with van der Waals surface area (Å²) in [7, 11) is 0. The molecule has 3 aromatic heterocycles. The Kier molecular flexibility index (Phi) is 5.41. The van der Waals surface area contributed by atoms with Gasteiger partial charge in [0.05, 0.1) is 11.3 Å². The number of aromatic nitrogens is 6. The largest absolute Gasteiger partial charge is 0.416 e. The molecule has 0 atom stereocenters. The number of rotatable bonds is 4. The molecule has 0 spiro atoms. The summed E-state index contributed by atoms with van der Waals surface area (Å²) in [6.07, 6.45) is 1.06. The molecule has 0 saturated heterocycles. The highest BCUT2D eigenvalue weighted by molar-refractivity contribution is 6.07. The molecule has 1 amide bonds. The summed E-state index contributed by atoms with van der Waals surface area (Å²) in [6, 6.07) is 14.4. The van der Waals surface area contributed by atoms with Crippen LogP contribution in [0, 0.1) is 6.92 Å². The number of halogens is 3. The number of nitrogens with one attached hydrogen (secondary N) is 2. The highest BCUT2D eigenvalue weighted by Gasteiger charge is 2.32. The summed E-state index contributed by atoms with van der Waals surface area (Å²) < 4.78 is 41.8. The van der Waals surface area contributed by atoms with Crippen molar-refractivity contribution in [2.45, 2.75) is 13.1 Å². The normalized spacial score (nSPS) is 11.8. The number of anilines is 1. The zero-order valence-electron chi connectivity index (χ0n) is 19.8. The molecule has 0 radical (unpaired) electrons. The summed E-state index contributed by atoms with van der Waals surface area (Å²) >= 11 is 0. The molecular formula is C27H18F3N7O. The molecule has 2 N–H and O–H groups in total. The number of H-pyrrole nitrogens is 1. The van der Waals surface area contributed by atoms with Crippen LogP contribution in [0.5, 0.6) is 0 Å². The molecule has 0 saturated carbocycles. The van der Waals surface area contributed by atoms with Crippen molar-refractivity contribution in [3.05, 3.63) is 96.5 Å². The smallest absolute Gasteiger partial charge is 0.339 e. The van der Waals surface area contributed by atoms with Crippen molar-refractivity contribution < 1.29 is 18.0 Å². The number of nitrogens with zero attached hydrogens (tertiary/aromatic N) is 5. The van der Waals surface area contributed by atoms with Crippen LogP contribution in [0.1, 0.15) is 21.5 Å². The summed E-state index contributed by atoms with van der Waals surface area (Å²) in [5.74, 6) is -0.683. The maximum absolute atomic E-state index is 13.6. The van der Waals surface area contributed by atoms with E-state index in [9.17, 15) is 18.0 Å². The molecule has 8 nitrogen and oxygen atoms in total. The standard InChI is InChI=1S/C27H18F3N7O/c1-15-2-4-19(10-22(15)16-3-5-21-23-11-31-12-33-25(23)36-24(21)8-16)35-26(38)17-6-18(27(28,29)30)9-20(7-17)37-14-32-13-34-37/h2-14H,1H3,(H,35,38)(H,31,33,36). The minimum absolute atomic E-state index is 0.0726. The predicted octanol–water partition coefficient (Wildman–Crippen LogP) is 5.94. The quantitative estimate of drug-likeness (QED) is 0.304. The van der Waals surface area contributed by atoms with E-state index in [0.717, 1.165) is 50.8 Å². The lowest BCUT2D eigenvalue weighted by molar-refractivity contribution is -0.137. The summed E-state index contributed by atoms with van der Waals surface area (Å²) in [5, 5.41) is 8.51. The van der Waals surface area contributed by atoms with Gasteiger partial charge in [0.2, 0.25) is 0 Å². The molecule has 0 aliphatic rings. The van der Waals surface area contributed by atoms with Gasteiger partial charge in [-0.15, -0.1) is 0 Å². The lowest BCUT2D eigenvalue weighted by Gasteiger charge is -2.14. The second kappa shape index (κ2) is 8.80. The van der Waals surface area contributed by atoms with Crippen molar-refractivity contribution in [2.24, 2.45) is 0 Å². The Bertz CT molecular complexity index is 1820. The van der Waals surface area contributed by atoms with Crippen LogP contribution in [-0.2, 0) is 6.18 Å². The first-order valence-corrected chi connectivity index (χ1v) is 11.5. The van der Waals surface area contributed by atoms with E-state index in [2.05, 4.69) is 30.4 Å². The fraction of sp³-hybridized carbons (Fsp3) is 0.0741. The lowest BCUT2D eigenvalue weighted by atomic mass is 9.98. The van der Waals surface area contributed by atoms with Gasteiger partial charge in [0.1, 0.15) is 24.6 Å². The predicted molar refractivity (Wildman–Crippen MR) is 136 cm³/mol. The third-order valence-electron chi connectivity index (χ3n) is 6.27. The van der Waals surface area contributed by atoms with Crippen molar-refractivity contribution in [1.29, 1.82) is 0 Å². The first-order chi connectivity index (χ1) is 18.3. The van der Waals surface area contributed by atoms with Gasteiger partial charge in [-0.3, -0.25) is 4.79 Å². The zero-order valence-corrected chi connectivity index (χ0v) is 19.8. The molecule has 6 rings (SSSR count). The van der Waals surface area contributed by atoms with Gasteiger partial charge in [0.25, 0.3) is 5.91 Å². The average molecular weight is 513 g/mol. The van der Waals surface area contributed by atoms with E-state index >= 15 is 0 Å². The number of hydrogen-bond acceptors (Lipinski definition) is 5. The van der Waals surface area contributed by atoms with E-state index < -0.39 is 17.6 Å². The molecule has 38 heavy (non-hydrogen) atoms. The number of alkyl halides is 3. The van der Waals surface area contributed by atoms with Crippen LogP contribution in [0.15, 0.2) is 79.8 Å². The van der Waals surface area contributed by atoms with E-state index in [0.29, 0.717) is 5.69 Å². The van der Waals surface area contributed by atoms with Gasteiger partial charge in [0, 0.05) is 33.7 Å². The summed E-state index contributed by atoms with van der Waals surface area (Å²) in [6.45, 7) is 1.94. The highest BCUT2D eigenvalue weighted by Crippen LogP contribution is 2.33. The maximum Gasteiger partial charge on any atom is 0.416 e. The zero-order chi connectivity index (χ0) is 26.4. The number of benzene rings is 3. The molecule has 0 aliphatic carbocycles. The number of carbonyl (C=O) groups excluding carboxylic acids is 1. The molecule has 3 heterocycles. The fourth-order valence-corrected chi connectivity index (χ4v) is 4.40.